The minimum absolute atomic E-state index is 0.0424. The molecule has 1 aliphatic rings. The Bertz CT molecular complexity index is 645. The number of aromatic nitrogens is 3. The molecule has 3 heterocycles. The lowest BCUT2D eigenvalue weighted by atomic mass is 10.1. The summed E-state index contributed by atoms with van der Waals surface area (Å²) >= 11 is 1.72. The highest BCUT2D eigenvalue weighted by Crippen LogP contribution is 2.21. The van der Waals surface area contributed by atoms with Gasteiger partial charge in [0.2, 0.25) is 0 Å². The van der Waals surface area contributed by atoms with Crippen LogP contribution in [0.2, 0.25) is 0 Å². The van der Waals surface area contributed by atoms with Gasteiger partial charge in [-0.15, -0.1) is 16.4 Å². The van der Waals surface area contributed by atoms with E-state index in [4.69, 9.17) is 0 Å². The number of likely N-dealkylation sites (N-methyl/N-ethyl adjacent to an activating group) is 1. The molecule has 0 aliphatic carbocycles. The molecule has 6 nitrogen and oxygen atoms in total. The van der Waals surface area contributed by atoms with E-state index in [0.717, 1.165) is 38.0 Å². The Kier molecular flexibility index (Phi) is 5.07. The van der Waals surface area contributed by atoms with Crippen LogP contribution in [0.3, 0.4) is 0 Å². The van der Waals surface area contributed by atoms with E-state index in [9.17, 15) is 4.79 Å². The van der Waals surface area contributed by atoms with Gasteiger partial charge in [-0.2, -0.15) is 0 Å². The summed E-state index contributed by atoms with van der Waals surface area (Å²) in [7, 11) is 1.83. The van der Waals surface area contributed by atoms with Gasteiger partial charge in [-0.05, 0) is 50.7 Å². The maximum Gasteiger partial charge on any atom is 0.276 e. The molecule has 1 amide bonds. The lowest BCUT2D eigenvalue weighted by Gasteiger charge is -2.23. The minimum Gasteiger partial charge on any atom is -0.340 e. The fraction of sp³-hybridized carbons (Fsp3) is 0.562. The van der Waals surface area contributed by atoms with E-state index >= 15 is 0 Å². The molecule has 0 atom stereocenters. The van der Waals surface area contributed by atoms with Crippen LogP contribution in [0.4, 0.5) is 0 Å². The fourth-order valence-corrected chi connectivity index (χ4v) is 3.65. The van der Waals surface area contributed by atoms with Crippen molar-refractivity contribution in [3.05, 3.63) is 33.8 Å². The molecule has 1 N–H and O–H groups in total. The fourth-order valence-electron chi connectivity index (χ4n) is 2.95. The van der Waals surface area contributed by atoms with E-state index in [-0.39, 0.29) is 5.91 Å². The van der Waals surface area contributed by atoms with Crippen molar-refractivity contribution < 1.29 is 4.79 Å². The molecule has 3 rings (SSSR count). The van der Waals surface area contributed by atoms with Crippen molar-refractivity contribution >= 4 is 17.2 Å². The molecular formula is C16H23N5OS. The predicted octanol–water partition coefficient (Wildman–Crippen LogP) is 1.89. The monoisotopic (exact) mass is 333 g/mol. The van der Waals surface area contributed by atoms with Gasteiger partial charge in [-0.25, -0.2) is 4.68 Å². The van der Waals surface area contributed by atoms with Crippen LogP contribution in [0.25, 0.3) is 0 Å². The summed E-state index contributed by atoms with van der Waals surface area (Å²) in [5.74, 6) is -0.0424. The minimum atomic E-state index is -0.0424. The van der Waals surface area contributed by atoms with Crippen LogP contribution in [0.15, 0.2) is 17.5 Å². The van der Waals surface area contributed by atoms with Crippen molar-refractivity contribution in [3.63, 3.8) is 0 Å². The zero-order valence-electron chi connectivity index (χ0n) is 13.7. The molecule has 0 saturated carbocycles. The number of thiophene rings is 1. The van der Waals surface area contributed by atoms with Gasteiger partial charge < -0.3 is 10.2 Å². The molecule has 1 saturated heterocycles. The van der Waals surface area contributed by atoms with Crippen molar-refractivity contribution in [2.24, 2.45) is 0 Å². The molecule has 1 fully saturated rings. The molecule has 0 bridgehead atoms. The average Bonchev–Trinajstić information content (AvgIpc) is 3.22. The Hall–Kier alpha value is -1.73. The van der Waals surface area contributed by atoms with E-state index in [0.29, 0.717) is 18.3 Å². The Labute approximate surface area is 140 Å². The van der Waals surface area contributed by atoms with Crippen molar-refractivity contribution in [1.29, 1.82) is 0 Å². The van der Waals surface area contributed by atoms with Gasteiger partial charge >= 0.3 is 0 Å². The van der Waals surface area contributed by atoms with E-state index < -0.39 is 0 Å². The molecule has 0 spiro atoms. The number of nitrogens with zero attached hydrogens (tertiary/aromatic N) is 4. The third-order valence-electron chi connectivity index (χ3n) is 4.40. The Balaban J connectivity index is 1.65. The van der Waals surface area contributed by atoms with Gasteiger partial charge in [0.25, 0.3) is 5.91 Å². The van der Waals surface area contributed by atoms with E-state index in [1.54, 1.807) is 16.2 Å². The average molecular weight is 333 g/mol. The molecule has 124 valence electrons. The Morgan fingerprint density at radius 3 is 2.96 bits per heavy atom. The number of amides is 1. The topological polar surface area (TPSA) is 63.1 Å². The number of hydrogen-bond donors (Lipinski definition) is 1. The van der Waals surface area contributed by atoms with Gasteiger partial charge in [0.15, 0.2) is 5.69 Å². The van der Waals surface area contributed by atoms with Crippen LogP contribution >= 0.6 is 11.3 Å². The van der Waals surface area contributed by atoms with Crippen molar-refractivity contribution in [2.45, 2.75) is 32.2 Å². The maximum atomic E-state index is 12.6. The summed E-state index contributed by atoms with van der Waals surface area (Å²) < 4.78 is 1.93. The first-order valence-electron chi connectivity index (χ1n) is 8.07. The maximum absolute atomic E-state index is 12.6. The van der Waals surface area contributed by atoms with Gasteiger partial charge in [0.1, 0.15) is 0 Å². The van der Waals surface area contributed by atoms with E-state index in [2.05, 4.69) is 27.1 Å². The van der Waals surface area contributed by atoms with Crippen LogP contribution < -0.4 is 5.32 Å². The lowest BCUT2D eigenvalue weighted by Crippen LogP contribution is -2.31. The molecule has 0 radical (unpaired) electrons. The van der Waals surface area contributed by atoms with Gasteiger partial charge in [-0.3, -0.25) is 4.79 Å². The van der Waals surface area contributed by atoms with Gasteiger partial charge in [0, 0.05) is 18.5 Å². The number of nitrogens with one attached hydrogen (secondary N) is 1. The number of piperidine rings is 1. The first-order chi connectivity index (χ1) is 11.2. The summed E-state index contributed by atoms with van der Waals surface area (Å²) in [4.78, 5) is 15.7. The summed E-state index contributed by atoms with van der Waals surface area (Å²) in [5.41, 5.74) is 1.36. The largest absolute Gasteiger partial charge is 0.340 e. The van der Waals surface area contributed by atoms with Crippen LogP contribution in [-0.4, -0.2) is 52.5 Å². The lowest BCUT2D eigenvalue weighted by molar-refractivity contribution is 0.0790. The molecule has 23 heavy (non-hydrogen) atoms. The molecular weight excluding hydrogens is 310 g/mol. The third kappa shape index (κ3) is 3.61. The normalized spacial score (nSPS) is 15.7. The zero-order valence-corrected chi connectivity index (χ0v) is 14.5. The van der Waals surface area contributed by atoms with Crippen LogP contribution in [0.1, 0.15) is 39.9 Å². The summed E-state index contributed by atoms with van der Waals surface area (Å²) in [6.45, 7) is 4.63. The smallest absolute Gasteiger partial charge is 0.276 e. The highest BCUT2D eigenvalue weighted by atomic mass is 32.1. The van der Waals surface area contributed by atoms with E-state index in [1.807, 2.05) is 24.7 Å². The standard InChI is InChI=1S/C16H23N5OS/c1-12-15(18-19-21(12)13-5-8-17-9-6-13)16(22)20(2)10-7-14-4-3-11-23-14/h3-4,11,13,17H,5-10H2,1-2H3. The first-order valence-corrected chi connectivity index (χ1v) is 8.95. The van der Waals surface area contributed by atoms with Crippen molar-refractivity contribution in [1.82, 2.24) is 25.2 Å². The van der Waals surface area contributed by atoms with Crippen LogP contribution in [0.5, 0.6) is 0 Å². The number of carbonyl (C=O) groups is 1. The molecule has 0 aromatic carbocycles. The highest BCUT2D eigenvalue weighted by Gasteiger charge is 2.24. The third-order valence-corrected chi connectivity index (χ3v) is 5.34. The molecule has 1 aliphatic heterocycles. The first kappa shape index (κ1) is 16.1. The second-order valence-electron chi connectivity index (χ2n) is 6.01. The second-order valence-corrected chi connectivity index (χ2v) is 7.04. The Morgan fingerprint density at radius 1 is 1.48 bits per heavy atom. The summed E-state index contributed by atoms with van der Waals surface area (Å²) in [5, 5.41) is 13.8. The summed E-state index contributed by atoms with van der Waals surface area (Å²) in [6, 6.07) is 4.49. The van der Waals surface area contributed by atoms with Crippen LogP contribution in [0, 0.1) is 6.92 Å². The number of carbonyl (C=O) groups excluding carboxylic acids is 1. The number of rotatable bonds is 5. The molecule has 2 aromatic rings. The summed E-state index contributed by atoms with van der Waals surface area (Å²) in [6.07, 6.45) is 2.94. The number of hydrogen-bond acceptors (Lipinski definition) is 5. The highest BCUT2D eigenvalue weighted by molar-refractivity contribution is 7.09. The second kappa shape index (κ2) is 7.23. The van der Waals surface area contributed by atoms with Gasteiger partial charge in [0.05, 0.1) is 11.7 Å². The zero-order chi connectivity index (χ0) is 16.2. The van der Waals surface area contributed by atoms with E-state index in [1.165, 1.54) is 4.88 Å². The SMILES string of the molecule is Cc1c(C(=O)N(C)CCc2cccs2)nnn1C1CCNCC1. The Morgan fingerprint density at radius 2 is 2.26 bits per heavy atom. The molecule has 2 aromatic heterocycles. The van der Waals surface area contributed by atoms with Gasteiger partial charge in [-0.1, -0.05) is 11.3 Å². The quantitative estimate of drug-likeness (QED) is 0.907. The van der Waals surface area contributed by atoms with Crippen LogP contribution in [-0.2, 0) is 6.42 Å². The molecule has 7 heteroatoms. The van der Waals surface area contributed by atoms with Crippen molar-refractivity contribution in [3.8, 4) is 0 Å². The molecule has 0 unspecified atom stereocenters. The van der Waals surface area contributed by atoms with Crippen molar-refractivity contribution in [2.75, 3.05) is 26.7 Å². The predicted molar refractivity (Wildman–Crippen MR) is 90.9 cm³/mol.